The predicted molar refractivity (Wildman–Crippen MR) is 146 cm³/mol. The molecule has 0 radical (unpaired) electrons. The van der Waals surface area contributed by atoms with Crippen LogP contribution in [0.2, 0.25) is 10.0 Å². The number of carbonyl (C=O) groups excluding carboxylic acids is 2. The molecule has 0 unspecified atom stereocenters. The highest BCUT2D eigenvalue weighted by Crippen LogP contribution is 2.41. The summed E-state index contributed by atoms with van der Waals surface area (Å²) in [5.41, 5.74) is 0.396. The van der Waals surface area contributed by atoms with E-state index < -0.39 is 23.8 Å². The Labute approximate surface area is 231 Å². The Morgan fingerprint density at radius 3 is 2.32 bits per heavy atom. The van der Waals surface area contributed by atoms with Crippen molar-refractivity contribution in [3.63, 3.8) is 0 Å². The molecule has 0 saturated carbocycles. The fraction of sp³-hybridized carbons (Fsp3) is 0.259. The maximum absolute atomic E-state index is 14.0. The zero-order chi connectivity index (χ0) is 27.6. The van der Waals surface area contributed by atoms with E-state index in [2.05, 4.69) is 5.32 Å². The van der Waals surface area contributed by atoms with Crippen LogP contribution >= 0.6 is 23.2 Å². The standard InChI is InChI=1S/C27H28Cl2N4O5/c1-27(2)24(33(36)25(34)30-20-11-6-9-18(28)14-20)32(21-12-7-10-19(29)15-21)26(35)31(27)16-17-8-5-13-22(37-3)23(17)38-4/h5-15,24,36H,16H2,1-4H3,(H,30,34)/t24-/m0/s1. The Morgan fingerprint density at radius 1 is 1.03 bits per heavy atom. The number of rotatable bonds is 7. The molecule has 11 heteroatoms. The van der Waals surface area contributed by atoms with Gasteiger partial charge in [0, 0.05) is 27.0 Å². The van der Waals surface area contributed by atoms with Crippen molar-refractivity contribution in [3.8, 4) is 11.5 Å². The largest absolute Gasteiger partial charge is 0.493 e. The summed E-state index contributed by atoms with van der Waals surface area (Å²) in [6.45, 7) is 3.65. The van der Waals surface area contributed by atoms with E-state index in [9.17, 15) is 14.8 Å². The quantitative estimate of drug-likeness (QED) is 0.255. The smallest absolute Gasteiger partial charge is 0.347 e. The molecule has 0 spiro atoms. The van der Waals surface area contributed by atoms with E-state index in [0.717, 1.165) is 0 Å². The summed E-state index contributed by atoms with van der Waals surface area (Å²) in [7, 11) is 3.06. The van der Waals surface area contributed by atoms with Gasteiger partial charge in [-0.2, -0.15) is 5.06 Å². The molecule has 4 rings (SSSR count). The van der Waals surface area contributed by atoms with Crippen molar-refractivity contribution in [2.24, 2.45) is 0 Å². The van der Waals surface area contributed by atoms with Crippen molar-refractivity contribution in [3.05, 3.63) is 82.3 Å². The number of anilines is 2. The van der Waals surface area contributed by atoms with Crippen LogP contribution in [0.3, 0.4) is 0 Å². The van der Waals surface area contributed by atoms with Crippen LogP contribution in [0, 0.1) is 0 Å². The summed E-state index contributed by atoms with van der Waals surface area (Å²) < 4.78 is 11.0. The SMILES string of the molecule is COc1cccc(CN2C(=O)N(c3cccc(Cl)c3)[C@@H](N(O)C(=O)Nc3cccc(Cl)c3)C2(C)C)c1OC. The lowest BCUT2D eigenvalue weighted by Crippen LogP contribution is -2.58. The third kappa shape index (κ3) is 5.18. The molecule has 38 heavy (non-hydrogen) atoms. The van der Waals surface area contributed by atoms with E-state index in [0.29, 0.717) is 43.5 Å². The topological polar surface area (TPSA) is 94.6 Å². The maximum Gasteiger partial charge on any atom is 0.347 e. The summed E-state index contributed by atoms with van der Waals surface area (Å²) in [4.78, 5) is 30.1. The van der Waals surface area contributed by atoms with Gasteiger partial charge in [0.25, 0.3) is 0 Å². The number of hydroxylamine groups is 2. The molecule has 1 aliphatic rings. The number of hydrogen-bond acceptors (Lipinski definition) is 5. The number of nitrogens with zero attached hydrogens (tertiary/aromatic N) is 3. The van der Waals surface area contributed by atoms with Crippen molar-refractivity contribution in [1.29, 1.82) is 0 Å². The molecular weight excluding hydrogens is 531 g/mol. The molecule has 3 aromatic rings. The van der Waals surface area contributed by atoms with Crippen LogP contribution < -0.4 is 19.7 Å². The number of amides is 4. The van der Waals surface area contributed by atoms with Gasteiger partial charge in [0.2, 0.25) is 0 Å². The van der Waals surface area contributed by atoms with Gasteiger partial charge >= 0.3 is 12.1 Å². The van der Waals surface area contributed by atoms with Gasteiger partial charge in [-0.25, -0.2) is 9.59 Å². The normalized spacial score (nSPS) is 16.4. The highest BCUT2D eigenvalue weighted by Gasteiger charge is 2.56. The number of carbonyl (C=O) groups is 2. The number of para-hydroxylation sites is 1. The molecule has 3 aromatic carbocycles. The lowest BCUT2D eigenvalue weighted by Gasteiger charge is -2.38. The summed E-state index contributed by atoms with van der Waals surface area (Å²) in [6, 6.07) is 17.3. The molecule has 0 aromatic heterocycles. The van der Waals surface area contributed by atoms with Gasteiger partial charge in [0.15, 0.2) is 17.7 Å². The van der Waals surface area contributed by atoms with Gasteiger partial charge in [-0.1, -0.05) is 47.5 Å². The monoisotopic (exact) mass is 558 g/mol. The number of benzene rings is 3. The van der Waals surface area contributed by atoms with E-state index in [1.165, 1.54) is 19.1 Å². The number of nitrogens with one attached hydrogen (secondary N) is 1. The molecule has 1 saturated heterocycles. The van der Waals surface area contributed by atoms with E-state index in [1.807, 2.05) is 6.07 Å². The van der Waals surface area contributed by atoms with E-state index >= 15 is 0 Å². The fourth-order valence-corrected chi connectivity index (χ4v) is 4.98. The number of hydrogen-bond donors (Lipinski definition) is 2. The molecule has 2 N–H and O–H groups in total. The van der Waals surface area contributed by atoms with E-state index in [-0.39, 0.29) is 6.54 Å². The lowest BCUT2D eigenvalue weighted by atomic mass is 9.98. The predicted octanol–water partition coefficient (Wildman–Crippen LogP) is 6.48. The van der Waals surface area contributed by atoms with Gasteiger partial charge in [0.1, 0.15) is 0 Å². The molecule has 4 amide bonds. The number of halogens is 2. The van der Waals surface area contributed by atoms with Crippen molar-refractivity contribution in [2.45, 2.75) is 32.1 Å². The number of methoxy groups -OCH3 is 2. The second-order valence-electron chi connectivity index (χ2n) is 9.18. The highest BCUT2D eigenvalue weighted by molar-refractivity contribution is 6.31. The zero-order valence-corrected chi connectivity index (χ0v) is 22.8. The molecular formula is C27H28Cl2N4O5. The molecule has 200 valence electrons. The summed E-state index contributed by atoms with van der Waals surface area (Å²) in [6.07, 6.45) is -1.13. The lowest BCUT2D eigenvalue weighted by molar-refractivity contribution is -0.0955. The summed E-state index contributed by atoms with van der Waals surface area (Å²) in [5.74, 6) is 0.998. The molecule has 9 nitrogen and oxygen atoms in total. The first kappa shape index (κ1) is 27.4. The first-order valence-electron chi connectivity index (χ1n) is 11.7. The number of ether oxygens (including phenoxy) is 2. The molecule has 0 bridgehead atoms. The van der Waals surface area contributed by atoms with Crippen molar-refractivity contribution in [2.75, 3.05) is 24.4 Å². The first-order valence-corrected chi connectivity index (χ1v) is 12.4. The first-order chi connectivity index (χ1) is 18.1. The van der Waals surface area contributed by atoms with Gasteiger partial charge in [-0.15, -0.1) is 0 Å². The van der Waals surface area contributed by atoms with Crippen molar-refractivity contribution < 1.29 is 24.3 Å². The van der Waals surface area contributed by atoms with Gasteiger partial charge in [-0.05, 0) is 56.3 Å². The van der Waals surface area contributed by atoms with Crippen LogP contribution in [0.1, 0.15) is 19.4 Å². The Kier molecular flexibility index (Phi) is 7.91. The highest BCUT2D eigenvalue weighted by atomic mass is 35.5. The Bertz CT molecular complexity index is 1350. The Hall–Kier alpha value is -3.66. The van der Waals surface area contributed by atoms with Gasteiger partial charge in [-0.3, -0.25) is 10.1 Å². The van der Waals surface area contributed by atoms with Crippen molar-refractivity contribution in [1.82, 2.24) is 9.96 Å². The molecule has 1 fully saturated rings. The summed E-state index contributed by atoms with van der Waals surface area (Å²) in [5, 5.41) is 15.2. The van der Waals surface area contributed by atoms with Crippen LogP contribution in [0.25, 0.3) is 0 Å². The second-order valence-corrected chi connectivity index (χ2v) is 10.1. The van der Waals surface area contributed by atoms with E-state index in [1.54, 1.807) is 79.4 Å². The minimum atomic E-state index is -1.13. The van der Waals surface area contributed by atoms with Gasteiger partial charge in [0.05, 0.1) is 26.3 Å². The molecule has 1 atom stereocenters. The van der Waals surface area contributed by atoms with Crippen LogP contribution in [0.15, 0.2) is 66.7 Å². The number of urea groups is 2. The second kappa shape index (κ2) is 11.0. The average Bonchev–Trinajstić information content (AvgIpc) is 3.08. The minimum absolute atomic E-state index is 0.115. The average molecular weight is 559 g/mol. The maximum atomic E-state index is 14.0. The zero-order valence-electron chi connectivity index (χ0n) is 21.3. The third-order valence-corrected chi connectivity index (χ3v) is 6.89. The Balaban J connectivity index is 1.75. The molecule has 0 aliphatic carbocycles. The third-order valence-electron chi connectivity index (χ3n) is 6.42. The van der Waals surface area contributed by atoms with Crippen molar-refractivity contribution >= 4 is 46.6 Å². The van der Waals surface area contributed by atoms with E-state index in [4.69, 9.17) is 32.7 Å². The van der Waals surface area contributed by atoms with Crippen LogP contribution in [-0.4, -0.2) is 53.2 Å². The van der Waals surface area contributed by atoms with Crippen LogP contribution in [0.4, 0.5) is 21.0 Å². The Morgan fingerprint density at radius 2 is 1.68 bits per heavy atom. The minimum Gasteiger partial charge on any atom is -0.493 e. The molecule has 1 heterocycles. The van der Waals surface area contributed by atoms with Crippen LogP contribution in [0.5, 0.6) is 11.5 Å². The van der Waals surface area contributed by atoms with Gasteiger partial charge < -0.3 is 19.7 Å². The fourth-order valence-electron chi connectivity index (χ4n) is 4.60. The molecule has 1 aliphatic heterocycles. The van der Waals surface area contributed by atoms with Crippen LogP contribution in [-0.2, 0) is 6.54 Å². The summed E-state index contributed by atoms with van der Waals surface area (Å²) >= 11 is 12.3.